The number of hydrogen-bond acceptors (Lipinski definition) is 8. The molecule has 0 saturated heterocycles. The number of thioether (sulfide) groups is 1. The first-order valence-electron chi connectivity index (χ1n) is 16.7. The van der Waals surface area contributed by atoms with Crippen molar-refractivity contribution < 1.29 is 28.7 Å². The van der Waals surface area contributed by atoms with Crippen LogP contribution in [0.2, 0.25) is 0 Å². The zero-order valence-corrected chi connectivity index (χ0v) is 31.3. The van der Waals surface area contributed by atoms with Gasteiger partial charge in [0.05, 0.1) is 25.0 Å². The molecule has 5 rings (SSSR count). The first-order chi connectivity index (χ1) is 24.4. The Balaban J connectivity index is 1.30. The number of fused-ring (bicyclic) bond motifs is 1. The predicted molar refractivity (Wildman–Crippen MR) is 205 cm³/mol. The van der Waals surface area contributed by atoms with Gasteiger partial charge in [-0.05, 0) is 97.2 Å². The number of carbonyl (C=O) groups excluding carboxylic acids is 4. The van der Waals surface area contributed by atoms with Gasteiger partial charge in [-0.1, -0.05) is 57.2 Å². The van der Waals surface area contributed by atoms with Crippen LogP contribution in [0.4, 0.5) is 10.7 Å². The highest BCUT2D eigenvalue weighted by molar-refractivity contribution is 8.00. The van der Waals surface area contributed by atoms with E-state index in [1.165, 1.54) is 30.2 Å². The van der Waals surface area contributed by atoms with Crippen LogP contribution < -0.4 is 20.7 Å². The number of anilines is 2. The van der Waals surface area contributed by atoms with E-state index in [0.29, 0.717) is 39.0 Å². The maximum atomic E-state index is 13.6. The molecule has 0 radical (unpaired) electrons. The Kier molecular flexibility index (Phi) is 12.0. The molecule has 3 aromatic carbocycles. The molecule has 51 heavy (non-hydrogen) atoms. The van der Waals surface area contributed by atoms with Crippen LogP contribution in [0.3, 0.4) is 0 Å². The topological polar surface area (TPSA) is 123 Å². The number of nitrogens with one attached hydrogen (secondary N) is 3. The van der Waals surface area contributed by atoms with Gasteiger partial charge in [-0.25, -0.2) is 4.79 Å². The van der Waals surface area contributed by atoms with Gasteiger partial charge in [-0.15, -0.1) is 23.1 Å². The van der Waals surface area contributed by atoms with Crippen molar-refractivity contribution in [3.63, 3.8) is 0 Å². The van der Waals surface area contributed by atoms with Gasteiger partial charge in [0.1, 0.15) is 16.4 Å². The monoisotopic (exact) mass is 725 g/mol. The van der Waals surface area contributed by atoms with Crippen molar-refractivity contribution in [3.05, 3.63) is 112 Å². The number of carbonyl (C=O) groups is 4. The number of amides is 3. The summed E-state index contributed by atoms with van der Waals surface area (Å²) in [7, 11) is 2.93. The Morgan fingerprint density at radius 1 is 0.941 bits per heavy atom. The minimum Gasteiger partial charge on any atom is -0.497 e. The average Bonchev–Trinajstić information content (AvgIpc) is 3.48. The van der Waals surface area contributed by atoms with Gasteiger partial charge in [0, 0.05) is 21.0 Å². The molecular weight excluding hydrogens is 683 g/mol. The lowest BCUT2D eigenvalue weighted by atomic mass is 9.72. The lowest BCUT2D eigenvalue weighted by molar-refractivity contribution is -0.115. The standard InChI is InChI=1S/C40H43N3O6S2/c1-24(35(44)43-38-34(39(47)49-6)31-20-17-27(40(2,3)4)22-33(31)51-38)50-30-14-10-13-28(23-30)41-37(46)32(21-25-15-18-29(48-5)19-16-25)42-36(45)26-11-8-7-9-12-26/h7-16,18-19,21,23-24,27H,17,20,22H2,1-6H3,(H,41,46)(H,42,45)(H,43,44)/b32-21+. The van der Waals surface area contributed by atoms with Crippen molar-refractivity contribution in [2.45, 2.75) is 57.1 Å². The first kappa shape index (κ1) is 37.4. The number of rotatable bonds is 11. The van der Waals surface area contributed by atoms with Crippen LogP contribution >= 0.6 is 23.1 Å². The summed E-state index contributed by atoms with van der Waals surface area (Å²) in [5.74, 6) is -0.496. The molecule has 0 aliphatic heterocycles. The van der Waals surface area contributed by atoms with Crippen molar-refractivity contribution in [2.75, 3.05) is 24.9 Å². The van der Waals surface area contributed by atoms with E-state index in [-0.39, 0.29) is 17.0 Å². The Labute approximate surface area is 307 Å². The molecule has 11 heteroatoms. The highest BCUT2D eigenvalue weighted by Crippen LogP contribution is 2.44. The molecule has 266 valence electrons. The van der Waals surface area contributed by atoms with E-state index in [0.717, 1.165) is 34.6 Å². The maximum Gasteiger partial charge on any atom is 0.341 e. The normalized spacial score (nSPS) is 14.9. The molecule has 4 aromatic rings. The van der Waals surface area contributed by atoms with Crippen LogP contribution in [0.1, 0.15) is 70.8 Å². The summed E-state index contributed by atoms with van der Waals surface area (Å²) >= 11 is 2.79. The number of thiophene rings is 1. The molecule has 1 aromatic heterocycles. The Morgan fingerprint density at radius 2 is 1.67 bits per heavy atom. The Hall–Kier alpha value is -4.87. The van der Waals surface area contributed by atoms with Crippen LogP contribution in [0.15, 0.2) is 89.5 Å². The highest BCUT2D eigenvalue weighted by atomic mass is 32.2. The largest absolute Gasteiger partial charge is 0.497 e. The third kappa shape index (κ3) is 9.47. The van der Waals surface area contributed by atoms with E-state index in [4.69, 9.17) is 9.47 Å². The third-order valence-electron chi connectivity index (χ3n) is 8.85. The van der Waals surface area contributed by atoms with Gasteiger partial charge >= 0.3 is 5.97 Å². The average molecular weight is 726 g/mol. The van der Waals surface area contributed by atoms with E-state index in [2.05, 4.69) is 36.7 Å². The van der Waals surface area contributed by atoms with E-state index in [9.17, 15) is 19.2 Å². The van der Waals surface area contributed by atoms with Crippen LogP contribution in [-0.4, -0.2) is 43.2 Å². The number of hydrogen-bond donors (Lipinski definition) is 3. The molecule has 1 aliphatic carbocycles. The summed E-state index contributed by atoms with van der Waals surface area (Å²) in [6, 6.07) is 22.9. The van der Waals surface area contributed by atoms with E-state index < -0.39 is 23.0 Å². The molecule has 0 spiro atoms. The molecule has 2 unspecified atom stereocenters. The van der Waals surface area contributed by atoms with Crippen molar-refractivity contribution in [1.29, 1.82) is 0 Å². The minimum absolute atomic E-state index is 0.0497. The molecule has 2 atom stereocenters. The fourth-order valence-corrected chi connectivity index (χ4v) is 8.10. The maximum absolute atomic E-state index is 13.6. The van der Waals surface area contributed by atoms with Crippen LogP contribution in [0.5, 0.6) is 5.75 Å². The van der Waals surface area contributed by atoms with Gasteiger partial charge in [0.25, 0.3) is 11.8 Å². The van der Waals surface area contributed by atoms with Crippen molar-refractivity contribution in [1.82, 2.24) is 5.32 Å². The fraction of sp³-hybridized carbons (Fsp3) is 0.300. The van der Waals surface area contributed by atoms with Crippen LogP contribution in [0.25, 0.3) is 6.08 Å². The summed E-state index contributed by atoms with van der Waals surface area (Å²) in [6.45, 7) is 8.51. The number of ether oxygens (including phenoxy) is 2. The SMILES string of the molecule is COC(=O)c1c(NC(=O)C(C)Sc2cccc(NC(=O)/C(=C\c3ccc(OC)cc3)NC(=O)c3ccccc3)c2)sc2c1CCC(C(C)(C)C)C2. The second-order valence-corrected chi connectivity index (χ2v) is 15.9. The Bertz CT molecular complexity index is 1930. The molecular formula is C40H43N3O6S2. The second kappa shape index (κ2) is 16.4. The molecule has 0 fully saturated rings. The van der Waals surface area contributed by atoms with Gasteiger partial charge in [0.2, 0.25) is 5.91 Å². The summed E-state index contributed by atoms with van der Waals surface area (Å²) in [6.07, 6.45) is 4.19. The summed E-state index contributed by atoms with van der Waals surface area (Å²) < 4.78 is 10.4. The molecule has 1 aliphatic rings. The predicted octanol–water partition coefficient (Wildman–Crippen LogP) is 8.22. The van der Waals surface area contributed by atoms with Gasteiger partial charge < -0.3 is 25.4 Å². The summed E-state index contributed by atoms with van der Waals surface area (Å²) in [5.41, 5.74) is 3.21. The zero-order valence-electron chi connectivity index (χ0n) is 29.6. The minimum atomic E-state index is -0.529. The van der Waals surface area contributed by atoms with E-state index in [1.54, 1.807) is 86.8 Å². The number of benzene rings is 3. The van der Waals surface area contributed by atoms with Gasteiger partial charge in [-0.3, -0.25) is 14.4 Å². The number of esters is 1. The van der Waals surface area contributed by atoms with Crippen LogP contribution in [-0.2, 0) is 27.2 Å². The van der Waals surface area contributed by atoms with Crippen molar-refractivity contribution >= 4 is 63.6 Å². The highest BCUT2D eigenvalue weighted by Gasteiger charge is 2.34. The third-order valence-corrected chi connectivity index (χ3v) is 11.1. The quantitative estimate of drug-likeness (QED) is 0.0809. The van der Waals surface area contributed by atoms with Gasteiger partial charge in [0.15, 0.2) is 0 Å². The Morgan fingerprint density at radius 3 is 2.33 bits per heavy atom. The lowest BCUT2D eigenvalue weighted by Gasteiger charge is -2.33. The fourth-order valence-electron chi connectivity index (χ4n) is 5.86. The number of methoxy groups -OCH3 is 2. The van der Waals surface area contributed by atoms with E-state index in [1.807, 2.05) is 12.1 Å². The molecule has 3 amide bonds. The first-order valence-corrected chi connectivity index (χ1v) is 18.4. The molecule has 0 bridgehead atoms. The van der Waals surface area contributed by atoms with Crippen LogP contribution in [0, 0.1) is 11.3 Å². The van der Waals surface area contributed by atoms with E-state index >= 15 is 0 Å². The van der Waals surface area contributed by atoms with Crippen molar-refractivity contribution in [3.8, 4) is 5.75 Å². The van der Waals surface area contributed by atoms with Crippen molar-refractivity contribution in [2.24, 2.45) is 11.3 Å². The second-order valence-electron chi connectivity index (χ2n) is 13.4. The summed E-state index contributed by atoms with van der Waals surface area (Å²) in [5, 5.41) is 8.64. The zero-order chi connectivity index (χ0) is 36.7. The smallest absolute Gasteiger partial charge is 0.341 e. The molecule has 0 saturated carbocycles. The van der Waals surface area contributed by atoms with Gasteiger partial charge in [-0.2, -0.15) is 0 Å². The molecule has 9 nitrogen and oxygen atoms in total. The molecule has 1 heterocycles. The lowest BCUT2D eigenvalue weighted by Crippen LogP contribution is -2.30. The summed E-state index contributed by atoms with van der Waals surface area (Å²) in [4.78, 5) is 54.9. The molecule has 3 N–H and O–H groups in total.